The SMILES string of the molecule is COc1cccc(OC(CCN2CCC(c3cccc(NC(=O)C(C)C)c3)CC2)c2ccc(Br)cc2)c1. The van der Waals surface area contributed by atoms with Gasteiger partial charge in [0, 0.05) is 35.1 Å². The van der Waals surface area contributed by atoms with E-state index in [1.807, 2.05) is 44.2 Å². The summed E-state index contributed by atoms with van der Waals surface area (Å²) in [6.45, 7) is 6.91. The number of nitrogens with one attached hydrogen (secondary N) is 1. The topological polar surface area (TPSA) is 50.8 Å². The number of hydrogen-bond donors (Lipinski definition) is 1. The molecule has 5 nitrogen and oxygen atoms in total. The van der Waals surface area contributed by atoms with Gasteiger partial charge in [-0.2, -0.15) is 0 Å². The maximum Gasteiger partial charge on any atom is 0.226 e. The average Bonchev–Trinajstić information content (AvgIpc) is 2.92. The number of hydrogen-bond acceptors (Lipinski definition) is 4. The van der Waals surface area contributed by atoms with Crippen molar-refractivity contribution < 1.29 is 14.3 Å². The van der Waals surface area contributed by atoms with Crippen molar-refractivity contribution in [3.63, 3.8) is 0 Å². The molecule has 3 aromatic rings. The number of carbonyl (C=O) groups is 1. The van der Waals surface area contributed by atoms with E-state index in [2.05, 4.69) is 68.6 Å². The van der Waals surface area contributed by atoms with Crippen molar-refractivity contribution in [1.82, 2.24) is 4.90 Å². The second-order valence-electron chi connectivity index (χ2n) is 10.0. The van der Waals surface area contributed by atoms with E-state index in [1.54, 1.807) is 7.11 Å². The second-order valence-corrected chi connectivity index (χ2v) is 10.9. The second kappa shape index (κ2) is 13.1. The molecule has 0 bridgehead atoms. The van der Waals surface area contributed by atoms with Crippen LogP contribution in [0.2, 0.25) is 0 Å². The quantitative estimate of drug-likeness (QED) is 0.278. The van der Waals surface area contributed by atoms with E-state index in [9.17, 15) is 4.79 Å². The first kappa shape index (κ1) is 27.2. The normalized spacial score (nSPS) is 15.4. The van der Waals surface area contributed by atoms with Crippen molar-refractivity contribution in [2.75, 3.05) is 32.1 Å². The average molecular weight is 566 g/mol. The van der Waals surface area contributed by atoms with Gasteiger partial charge in [-0.15, -0.1) is 0 Å². The summed E-state index contributed by atoms with van der Waals surface area (Å²) in [6, 6.07) is 24.6. The Bertz CT molecular complexity index is 1160. The van der Waals surface area contributed by atoms with Crippen molar-refractivity contribution >= 4 is 27.5 Å². The zero-order chi connectivity index (χ0) is 26.2. The number of halogens is 1. The number of likely N-dealkylation sites (tertiary alicyclic amines) is 1. The van der Waals surface area contributed by atoms with Crippen LogP contribution < -0.4 is 14.8 Å². The van der Waals surface area contributed by atoms with Gasteiger partial charge in [0.25, 0.3) is 0 Å². The molecule has 3 aromatic carbocycles. The van der Waals surface area contributed by atoms with Gasteiger partial charge in [-0.05, 0) is 79.4 Å². The predicted molar refractivity (Wildman–Crippen MR) is 153 cm³/mol. The van der Waals surface area contributed by atoms with Gasteiger partial charge in [0.1, 0.15) is 17.6 Å². The molecule has 1 heterocycles. The smallest absolute Gasteiger partial charge is 0.226 e. The summed E-state index contributed by atoms with van der Waals surface area (Å²) in [5.41, 5.74) is 3.38. The van der Waals surface area contributed by atoms with E-state index in [-0.39, 0.29) is 17.9 Å². The van der Waals surface area contributed by atoms with E-state index in [0.29, 0.717) is 5.92 Å². The number of methoxy groups -OCH3 is 1. The molecule has 1 amide bonds. The van der Waals surface area contributed by atoms with E-state index in [4.69, 9.17) is 9.47 Å². The fourth-order valence-electron chi connectivity index (χ4n) is 4.76. The summed E-state index contributed by atoms with van der Waals surface area (Å²) in [6.07, 6.45) is 3.09. The van der Waals surface area contributed by atoms with Gasteiger partial charge in [-0.3, -0.25) is 4.79 Å². The Hall–Kier alpha value is -2.83. The van der Waals surface area contributed by atoms with Crippen LogP contribution in [0.5, 0.6) is 11.5 Å². The lowest BCUT2D eigenvalue weighted by Gasteiger charge is -2.33. The van der Waals surface area contributed by atoms with Crippen LogP contribution in [-0.2, 0) is 4.79 Å². The zero-order valence-corrected chi connectivity index (χ0v) is 23.5. The Morgan fingerprint density at radius 1 is 1.00 bits per heavy atom. The summed E-state index contributed by atoms with van der Waals surface area (Å²) in [7, 11) is 1.67. The minimum atomic E-state index is -0.0424. The molecule has 1 saturated heterocycles. The highest BCUT2D eigenvalue weighted by Crippen LogP contribution is 2.32. The van der Waals surface area contributed by atoms with Crippen molar-refractivity contribution in [3.05, 3.63) is 88.4 Å². The highest BCUT2D eigenvalue weighted by Gasteiger charge is 2.23. The third-order valence-corrected chi connectivity index (χ3v) is 7.54. The first-order valence-electron chi connectivity index (χ1n) is 13.1. The summed E-state index contributed by atoms with van der Waals surface area (Å²) in [5.74, 6) is 2.16. The summed E-state index contributed by atoms with van der Waals surface area (Å²) >= 11 is 3.54. The summed E-state index contributed by atoms with van der Waals surface area (Å²) in [5, 5.41) is 3.03. The lowest BCUT2D eigenvalue weighted by atomic mass is 9.89. The number of piperidine rings is 1. The molecular weight excluding hydrogens is 528 g/mol. The Kier molecular flexibility index (Phi) is 9.64. The summed E-state index contributed by atoms with van der Waals surface area (Å²) in [4.78, 5) is 14.6. The zero-order valence-electron chi connectivity index (χ0n) is 22.0. The van der Waals surface area contributed by atoms with Gasteiger partial charge < -0.3 is 19.7 Å². The largest absolute Gasteiger partial charge is 0.497 e. The van der Waals surface area contributed by atoms with Crippen molar-refractivity contribution in [3.8, 4) is 11.5 Å². The fraction of sp³-hybridized carbons (Fsp3) is 0.387. The Balaban J connectivity index is 1.35. The number of anilines is 1. The molecule has 1 aliphatic rings. The predicted octanol–water partition coefficient (Wildman–Crippen LogP) is 7.44. The minimum absolute atomic E-state index is 0.0268. The van der Waals surface area contributed by atoms with Crippen LogP contribution in [0.4, 0.5) is 5.69 Å². The molecule has 0 radical (unpaired) electrons. The molecule has 0 aromatic heterocycles. The number of carbonyl (C=O) groups excluding carboxylic acids is 1. The molecular formula is C31H37BrN2O3. The lowest BCUT2D eigenvalue weighted by Crippen LogP contribution is -2.34. The number of rotatable bonds is 10. The molecule has 196 valence electrons. The molecule has 1 aliphatic heterocycles. The molecule has 1 N–H and O–H groups in total. The Morgan fingerprint density at radius 2 is 1.70 bits per heavy atom. The van der Waals surface area contributed by atoms with Crippen LogP contribution in [0.3, 0.4) is 0 Å². The lowest BCUT2D eigenvalue weighted by molar-refractivity contribution is -0.118. The van der Waals surface area contributed by atoms with Crippen LogP contribution in [0.1, 0.15) is 56.3 Å². The number of ether oxygens (including phenoxy) is 2. The number of amides is 1. The maximum absolute atomic E-state index is 12.1. The van der Waals surface area contributed by atoms with Crippen molar-refractivity contribution in [2.45, 2.75) is 45.1 Å². The van der Waals surface area contributed by atoms with Crippen LogP contribution in [0.25, 0.3) is 0 Å². The van der Waals surface area contributed by atoms with Gasteiger partial charge in [0.05, 0.1) is 7.11 Å². The first-order chi connectivity index (χ1) is 17.9. The molecule has 1 atom stereocenters. The minimum Gasteiger partial charge on any atom is -0.497 e. The van der Waals surface area contributed by atoms with Gasteiger partial charge in [-0.1, -0.05) is 60.1 Å². The van der Waals surface area contributed by atoms with E-state index < -0.39 is 0 Å². The molecule has 1 unspecified atom stereocenters. The molecule has 0 aliphatic carbocycles. The number of nitrogens with zero attached hydrogens (tertiary/aromatic N) is 1. The van der Waals surface area contributed by atoms with E-state index in [1.165, 1.54) is 11.1 Å². The van der Waals surface area contributed by atoms with E-state index in [0.717, 1.165) is 60.6 Å². The fourth-order valence-corrected chi connectivity index (χ4v) is 5.02. The molecule has 0 saturated carbocycles. The third kappa shape index (κ3) is 7.83. The molecule has 37 heavy (non-hydrogen) atoms. The Labute approximate surface area is 229 Å². The highest BCUT2D eigenvalue weighted by atomic mass is 79.9. The van der Waals surface area contributed by atoms with Gasteiger partial charge in [0.15, 0.2) is 0 Å². The summed E-state index contributed by atoms with van der Waals surface area (Å²) < 4.78 is 12.9. The first-order valence-corrected chi connectivity index (χ1v) is 13.9. The molecule has 6 heteroatoms. The third-order valence-electron chi connectivity index (χ3n) is 7.01. The van der Waals surface area contributed by atoms with Crippen LogP contribution >= 0.6 is 15.9 Å². The van der Waals surface area contributed by atoms with Gasteiger partial charge in [0.2, 0.25) is 5.91 Å². The molecule has 1 fully saturated rings. The maximum atomic E-state index is 12.1. The van der Waals surface area contributed by atoms with Crippen LogP contribution in [0.15, 0.2) is 77.3 Å². The van der Waals surface area contributed by atoms with Crippen LogP contribution in [0, 0.1) is 5.92 Å². The van der Waals surface area contributed by atoms with Crippen molar-refractivity contribution in [1.29, 1.82) is 0 Å². The van der Waals surface area contributed by atoms with Gasteiger partial charge in [-0.25, -0.2) is 0 Å². The molecule has 4 rings (SSSR count). The molecule has 0 spiro atoms. The number of benzene rings is 3. The van der Waals surface area contributed by atoms with E-state index >= 15 is 0 Å². The standard InChI is InChI=1S/C31H37BrN2O3/c1-22(2)31(35)33-27-7-4-6-25(20-27)23-14-17-34(18-15-23)19-16-30(24-10-12-26(32)13-11-24)37-29-9-5-8-28(21-29)36-3/h4-13,20-23,30H,14-19H2,1-3H3,(H,33,35). The van der Waals surface area contributed by atoms with Crippen molar-refractivity contribution in [2.24, 2.45) is 5.92 Å². The van der Waals surface area contributed by atoms with Gasteiger partial charge >= 0.3 is 0 Å². The highest BCUT2D eigenvalue weighted by molar-refractivity contribution is 9.10. The van der Waals surface area contributed by atoms with Crippen LogP contribution in [-0.4, -0.2) is 37.6 Å². The Morgan fingerprint density at radius 3 is 2.41 bits per heavy atom. The monoisotopic (exact) mass is 564 g/mol.